The number of hydrogen-bond donors (Lipinski definition) is 1. The predicted octanol–water partition coefficient (Wildman–Crippen LogP) is 4.11. The van der Waals surface area contributed by atoms with Gasteiger partial charge in [0.2, 0.25) is 5.91 Å². The Labute approximate surface area is 150 Å². The molecular formula is C20H18N2O4. The van der Waals surface area contributed by atoms with Crippen molar-refractivity contribution < 1.29 is 14.5 Å². The molecule has 0 unspecified atom stereocenters. The molecule has 6 heteroatoms. The molecule has 0 atom stereocenters. The second-order valence-corrected chi connectivity index (χ2v) is 6.52. The maximum Gasteiger partial charge on any atom is 0.273 e. The van der Waals surface area contributed by atoms with E-state index in [0.717, 1.165) is 11.3 Å². The first-order valence-corrected chi connectivity index (χ1v) is 8.28. The van der Waals surface area contributed by atoms with E-state index >= 15 is 0 Å². The molecule has 0 radical (unpaired) electrons. The van der Waals surface area contributed by atoms with E-state index in [0.29, 0.717) is 16.7 Å². The largest absolute Gasteiger partial charge is 0.326 e. The van der Waals surface area contributed by atoms with Gasteiger partial charge in [0.05, 0.1) is 11.3 Å². The number of anilines is 1. The molecule has 0 aromatic heterocycles. The lowest BCUT2D eigenvalue weighted by Gasteiger charge is -2.07. The molecule has 0 aliphatic carbocycles. The molecule has 0 saturated carbocycles. The van der Waals surface area contributed by atoms with Crippen molar-refractivity contribution in [3.05, 3.63) is 74.8 Å². The summed E-state index contributed by atoms with van der Waals surface area (Å²) in [4.78, 5) is 34.6. The van der Waals surface area contributed by atoms with Crippen LogP contribution in [0.3, 0.4) is 0 Å². The van der Waals surface area contributed by atoms with Crippen LogP contribution >= 0.6 is 0 Å². The average molecular weight is 350 g/mol. The van der Waals surface area contributed by atoms with Gasteiger partial charge in [-0.3, -0.25) is 19.7 Å². The fourth-order valence-electron chi connectivity index (χ4n) is 2.96. The van der Waals surface area contributed by atoms with Crippen LogP contribution in [-0.2, 0) is 11.2 Å². The first-order valence-electron chi connectivity index (χ1n) is 8.28. The van der Waals surface area contributed by atoms with Crippen LogP contribution < -0.4 is 5.32 Å². The van der Waals surface area contributed by atoms with Crippen LogP contribution in [0.5, 0.6) is 0 Å². The Bertz CT molecular complexity index is 945. The van der Waals surface area contributed by atoms with Gasteiger partial charge in [-0.15, -0.1) is 0 Å². The molecule has 26 heavy (non-hydrogen) atoms. The van der Waals surface area contributed by atoms with E-state index in [1.54, 1.807) is 36.4 Å². The average Bonchev–Trinajstić information content (AvgIpc) is 2.98. The van der Waals surface area contributed by atoms with E-state index in [1.165, 1.54) is 12.1 Å². The first kappa shape index (κ1) is 17.5. The lowest BCUT2D eigenvalue weighted by atomic mass is 9.99. The Hall–Kier alpha value is -3.28. The van der Waals surface area contributed by atoms with Crippen LogP contribution in [0.2, 0.25) is 0 Å². The summed E-state index contributed by atoms with van der Waals surface area (Å²) in [5.74, 6) is -0.266. The van der Waals surface area contributed by atoms with Gasteiger partial charge in [-0.25, -0.2) is 0 Å². The summed E-state index contributed by atoms with van der Waals surface area (Å²) >= 11 is 0. The van der Waals surface area contributed by atoms with Crippen LogP contribution in [0.15, 0.2) is 42.5 Å². The fraction of sp³-hybridized carbons (Fsp3) is 0.200. The Morgan fingerprint density at radius 1 is 1.23 bits per heavy atom. The van der Waals surface area contributed by atoms with Crippen molar-refractivity contribution in [3.8, 4) is 0 Å². The van der Waals surface area contributed by atoms with E-state index in [2.05, 4.69) is 5.32 Å². The molecule has 1 aliphatic heterocycles. The van der Waals surface area contributed by atoms with Crippen molar-refractivity contribution in [3.63, 3.8) is 0 Å². The molecule has 132 valence electrons. The maximum atomic E-state index is 12.4. The highest BCUT2D eigenvalue weighted by Crippen LogP contribution is 2.28. The SMILES string of the molecule is CC(C)c1ccc(/C=C/C(=O)c2ccc3c(c2)CC(=O)N3)cc1[N+](=O)[O-]. The summed E-state index contributed by atoms with van der Waals surface area (Å²) in [5.41, 5.74) is 3.31. The zero-order chi connectivity index (χ0) is 18.8. The minimum Gasteiger partial charge on any atom is -0.326 e. The van der Waals surface area contributed by atoms with E-state index in [-0.39, 0.29) is 29.7 Å². The molecule has 0 bridgehead atoms. The molecule has 0 fully saturated rings. The van der Waals surface area contributed by atoms with Crippen molar-refractivity contribution in [2.45, 2.75) is 26.2 Å². The summed E-state index contributed by atoms with van der Waals surface area (Å²) in [6.45, 7) is 3.80. The summed E-state index contributed by atoms with van der Waals surface area (Å²) in [6.07, 6.45) is 3.22. The van der Waals surface area contributed by atoms with Crippen LogP contribution in [-0.4, -0.2) is 16.6 Å². The Balaban J connectivity index is 1.83. The third kappa shape index (κ3) is 3.54. The number of nitro groups is 1. The number of hydrogen-bond acceptors (Lipinski definition) is 4. The standard InChI is InChI=1S/C20H18N2O4/c1-12(2)16-6-3-13(9-18(16)22(25)26)4-8-19(23)14-5-7-17-15(10-14)11-20(24)21-17/h3-10,12H,11H2,1-2H3,(H,21,24)/b8-4+. The van der Waals surface area contributed by atoms with Crippen LogP contribution in [0.25, 0.3) is 6.08 Å². The Morgan fingerprint density at radius 2 is 2.00 bits per heavy atom. The monoisotopic (exact) mass is 350 g/mol. The third-order valence-electron chi connectivity index (χ3n) is 4.32. The van der Waals surface area contributed by atoms with Crippen LogP contribution in [0.4, 0.5) is 11.4 Å². The Kier molecular flexibility index (Phi) is 4.67. The minimum absolute atomic E-state index is 0.0396. The number of ketones is 1. The van der Waals surface area contributed by atoms with Gasteiger partial charge in [0.15, 0.2) is 5.78 Å². The number of nitrogens with zero attached hydrogens (tertiary/aromatic N) is 1. The second-order valence-electron chi connectivity index (χ2n) is 6.52. The lowest BCUT2D eigenvalue weighted by molar-refractivity contribution is -0.385. The molecule has 6 nitrogen and oxygen atoms in total. The van der Waals surface area contributed by atoms with Crippen LogP contribution in [0, 0.1) is 10.1 Å². The number of amides is 1. The highest BCUT2D eigenvalue weighted by Gasteiger charge is 2.19. The summed E-state index contributed by atoms with van der Waals surface area (Å²) < 4.78 is 0. The molecule has 0 saturated heterocycles. The maximum absolute atomic E-state index is 12.4. The van der Waals surface area contributed by atoms with Gasteiger partial charge in [0.1, 0.15) is 0 Å². The zero-order valence-electron chi connectivity index (χ0n) is 14.5. The topological polar surface area (TPSA) is 89.3 Å². The number of carbonyl (C=O) groups excluding carboxylic acids is 2. The van der Waals surface area contributed by atoms with Gasteiger partial charge in [0.25, 0.3) is 5.69 Å². The van der Waals surface area contributed by atoms with Gasteiger partial charge in [0, 0.05) is 22.9 Å². The van der Waals surface area contributed by atoms with Crippen molar-refractivity contribution >= 4 is 29.1 Å². The van der Waals surface area contributed by atoms with Gasteiger partial charge >= 0.3 is 0 Å². The number of rotatable bonds is 5. The van der Waals surface area contributed by atoms with Gasteiger partial charge in [-0.05, 0) is 41.3 Å². The van der Waals surface area contributed by atoms with Crippen molar-refractivity contribution in [2.75, 3.05) is 5.32 Å². The molecule has 3 rings (SSSR count). The van der Waals surface area contributed by atoms with E-state index in [1.807, 2.05) is 13.8 Å². The summed E-state index contributed by atoms with van der Waals surface area (Å²) in [7, 11) is 0. The molecule has 1 N–H and O–H groups in total. The second kappa shape index (κ2) is 6.92. The normalized spacial score (nSPS) is 13.1. The molecule has 2 aromatic rings. The van der Waals surface area contributed by atoms with Gasteiger partial charge in [-0.2, -0.15) is 0 Å². The third-order valence-corrected chi connectivity index (χ3v) is 4.32. The zero-order valence-corrected chi connectivity index (χ0v) is 14.5. The van der Waals surface area contributed by atoms with E-state index in [9.17, 15) is 19.7 Å². The summed E-state index contributed by atoms with van der Waals surface area (Å²) in [5, 5.41) is 14.0. The molecular weight excluding hydrogens is 332 g/mol. The quantitative estimate of drug-likeness (QED) is 0.380. The summed E-state index contributed by atoms with van der Waals surface area (Å²) in [6, 6.07) is 10.0. The smallest absolute Gasteiger partial charge is 0.273 e. The van der Waals surface area contributed by atoms with Crippen LogP contribution in [0.1, 0.15) is 46.8 Å². The number of nitro benzene ring substituents is 1. The predicted molar refractivity (Wildman–Crippen MR) is 99.3 cm³/mol. The molecule has 1 heterocycles. The highest BCUT2D eigenvalue weighted by atomic mass is 16.6. The molecule has 2 aromatic carbocycles. The lowest BCUT2D eigenvalue weighted by Crippen LogP contribution is -2.03. The molecule has 0 spiro atoms. The Morgan fingerprint density at radius 3 is 2.69 bits per heavy atom. The number of fused-ring (bicyclic) bond motifs is 1. The van der Waals surface area contributed by atoms with Gasteiger partial charge in [-0.1, -0.05) is 32.1 Å². The molecule has 1 amide bonds. The number of carbonyl (C=O) groups is 2. The number of benzene rings is 2. The van der Waals surface area contributed by atoms with E-state index in [4.69, 9.17) is 0 Å². The highest BCUT2D eigenvalue weighted by molar-refractivity contribution is 6.08. The minimum atomic E-state index is -0.404. The fourth-order valence-corrected chi connectivity index (χ4v) is 2.96. The van der Waals surface area contributed by atoms with Crippen molar-refractivity contribution in [1.82, 2.24) is 0 Å². The molecule has 1 aliphatic rings. The first-order chi connectivity index (χ1) is 12.3. The van der Waals surface area contributed by atoms with Crippen molar-refractivity contribution in [1.29, 1.82) is 0 Å². The van der Waals surface area contributed by atoms with Crippen molar-refractivity contribution in [2.24, 2.45) is 0 Å². The van der Waals surface area contributed by atoms with E-state index < -0.39 is 4.92 Å². The van der Waals surface area contributed by atoms with Gasteiger partial charge < -0.3 is 5.32 Å². The number of allylic oxidation sites excluding steroid dienone is 1. The number of nitrogens with one attached hydrogen (secondary N) is 1.